The normalized spacial score (nSPS) is 17.8. The monoisotopic (exact) mass is 344 g/mol. The van der Waals surface area contributed by atoms with Crippen molar-refractivity contribution >= 4 is 16.8 Å². The third-order valence-electron chi connectivity index (χ3n) is 5.02. The third kappa shape index (κ3) is 4.19. The number of rotatable bonds is 4. The number of aliphatic hydroxyl groups excluding tert-OH is 1. The molecule has 0 aliphatic carbocycles. The lowest BCUT2D eigenvalue weighted by atomic mass is 9.89. The van der Waals surface area contributed by atoms with Crippen LogP contribution in [0.3, 0.4) is 0 Å². The minimum Gasteiger partial charge on any atom is -0.391 e. The van der Waals surface area contributed by atoms with Crippen molar-refractivity contribution in [3.8, 4) is 0 Å². The Bertz CT molecular complexity index is 726. The number of hydrogen-bond donors (Lipinski definition) is 2. The summed E-state index contributed by atoms with van der Waals surface area (Å²) in [4.78, 5) is 16.8. The van der Waals surface area contributed by atoms with E-state index < -0.39 is 0 Å². The molecule has 25 heavy (non-hydrogen) atoms. The van der Waals surface area contributed by atoms with Gasteiger partial charge in [-0.05, 0) is 11.5 Å². The number of carbonyl (C=O) groups excluding carboxylic acids is 1. The van der Waals surface area contributed by atoms with Gasteiger partial charge in [0.05, 0.1) is 23.7 Å². The number of aliphatic hydroxyl groups is 1. The molecule has 1 aromatic heterocycles. The molecule has 3 rings (SSSR count). The average Bonchev–Trinajstić information content (AvgIpc) is 2.98. The number of amides is 1. The first-order chi connectivity index (χ1) is 11.8. The summed E-state index contributed by atoms with van der Waals surface area (Å²) in [5.74, 6) is 0.130. The largest absolute Gasteiger partial charge is 0.391 e. The van der Waals surface area contributed by atoms with Crippen LogP contribution in [0.1, 0.15) is 26.5 Å². The molecule has 1 aliphatic rings. The highest BCUT2D eigenvalue weighted by atomic mass is 16.3. The second kappa shape index (κ2) is 7.14. The molecule has 1 aromatic carbocycles. The predicted octanol–water partition coefficient (Wildman–Crippen LogP) is 1.66. The van der Waals surface area contributed by atoms with Gasteiger partial charge in [-0.15, -0.1) is 0 Å². The molecule has 0 spiro atoms. The number of aromatic nitrogens is 2. The highest BCUT2D eigenvalue weighted by Gasteiger charge is 2.27. The molecular weight excluding hydrogens is 316 g/mol. The van der Waals surface area contributed by atoms with Crippen LogP contribution in [0.2, 0.25) is 0 Å². The van der Waals surface area contributed by atoms with Crippen molar-refractivity contribution in [2.75, 3.05) is 32.7 Å². The highest BCUT2D eigenvalue weighted by Crippen LogP contribution is 2.21. The molecule has 1 unspecified atom stereocenters. The van der Waals surface area contributed by atoms with Crippen LogP contribution in [0, 0.1) is 5.41 Å². The van der Waals surface area contributed by atoms with Gasteiger partial charge in [0.2, 0.25) is 5.91 Å². The van der Waals surface area contributed by atoms with E-state index in [1.807, 2.05) is 49.9 Å². The minimum atomic E-state index is -0.355. The summed E-state index contributed by atoms with van der Waals surface area (Å²) < 4.78 is 0. The number of H-pyrrole nitrogens is 1. The summed E-state index contributed by atoms with van der Waals surface area (Å²) in [5, 5.41) is 18.5. The predicted molar refractivity (Wildman–Crippen MR) is 98.3 cm³/mol. The van der Waals surface area contributed by atoms with E-state index in [1.165, 1.54) is 0 Å². The first kappa shape index (κ1) is 17.9. The maximum absolute atomic E-state index is 12.6. The van der Waals surface area contributed by atoms with Crippen molar-refractivity contribution < 1.29 is 9.90 Å². The molecule has 0 radical (unpaired) electrons. The van der Waals surface area contributed by atoms with E-state index in [0.29, 0.717) is 26.1 Å². The smallest absolute Gasteiger partial charge is 0.228 e. The molecule has 2 N–H and O–H groups in total. The zero-order valence-electron chi connectivity index (χ0n) is 15.3. The zero-order valence-corrected chi connectivity index (χ0v) is 15.3. The number of benzene rings is 1. The number of β-amino-alcohol motifs (C(OH)–C–C–N with tert-alkyl or cyclic N) is 1. The van der Waals surface area contributed by atoms with E-state index in [-0.39, 0.29) is 17.4 Å². The van der Waals surface area contributed by atoms with E-state index in [4.69, 9.17) is 0 Å². The first-order valence-electron chi connectivity index (χ1n) is 8.95. The molecule has 1 atom stereocenters. The lowest BCUT2D eigenvalue weighted by Gasteiger charge is -2.38. The van der Waals surface area contributed by atoms with Crippen LogP contribution in [0.15, 0.2) is 24.3 Å². The first-order valence-corrected chi connectivity index (χ1v) is 8.95. The second-order valence-electron chi connectivity index (χ2n) is 7.96. The fourth-order valence-corrected chi connectivity index (χ4v) is 3.11. The van der Waals surface area contributed by atoms with Gasteiger partial charge in [0.25, 0.3) is 0 Å². The topological polar surface area (TPSA) is 72.5 Å². The van der Waals surface area contributed by atoms with Crippen molar-refractivity contribution in [3.63, 3.8) is 0 Å². The molecule has 6 nitrogen and oxygen atoms in total. The van der Waals surface area contributed by atoms with Crippen LogP contribution < -0.4 is 0 Å². The van der Waals surface area contributed by atoms with Gasteiger partial charge in [0, 0.05) is 38.1 Å². The maximum atomic E-state index is 12.6. The van der Waals surface area contributed by atoms with Crippen LogP contribution in [-0.2, 0) is 11.2 Å². The fraction of sp³-hybridized carbons (Fsp3) is 0.579. The molecule has 1 saturated heterocycles. The summed E-state index contributed by atoms with van der Waals surface area (Å²) >= 11 is 0. The van der Waals surface area contributed by atoms with Crippen LogP contribution in [-0.4, -0.2) is 69.8 Å². The Hall–Kier alpha value is -1.92. The Labute approximate surface area is 148 Å². The van der Waals surface area contributed by atoms with Gasteiger partial charge in [-0.1, -0.05) is 39.0 Å². The van der Waals surface area contributed by atoms with E-state index >= 15 is 0 Å². The van der Waals surface area contributed by atoms with Gasteiger partial charge in [-0.3, -0.25) is 14.8 Å². The molecule has 1 aliphatic heterocycles. The summed E-state index contributed by atoms with van der Waals surface area (Å²) in [7, 11) is 0. The Morgan fingerprint density at radius 1 is 1.24 bits per heavy atom. The van der Waals surface area contributed by atoms with Crippen molar-refractivity contribution in [1.82, 2.24) is 20.0 Å². The van der Waals surface area contributed by atoms with Gasteiger partial charge in [-0.25, -0.2) is 0 Å². The molecule has 0 bridgehead atoms. The number of nitrogens with zero attached hydrogens (tertiary/aromatic N) is 3. The minimum absolute atomic E-state index is 0.116. The van der Waals surface area contributed by atoms with Crippen molar-refractivity contribution in [2.24, 2.45) is 5.41 Å². The zero-order chi connectivity index (χ0) is 18.0. The average molecular weight is 344 g/mol. The summed E-state index contributed by atoms with van der Waals surface area (Å²) in [5.41, 5.74) is 1.66. The number of para-hydroxylation sites is 1. The van der Waals surface area contributed by atoms with Crippen LogP contribution in [0.25, 0.3) is 10.9 Å². The molecule has 136 valence electrons. The third-order valence-corrected chi connectivity index (χ3v) is 5.02. The lowest BCUT2D eigenvalue weighted by molar-refractivity contribution is -0.132. The summed E-state index contributed by atoms with van der Waals surface area (Å²) in [6.45, 7) is 9.84. The summed E-state index contributed by atoms with van der Waals surface area (Å²) in [6, 6.07) is 7.84. The number of piperazine rings is 1. The molecular formula is C19H28N4O2. The fourth-order valence-electron chi connectivity index (χ4n) is 3.11. The van der Waals surface area contributed by atoms with E-state index in [2.05, 4.69) is 15.1 Å². The molecule has 2 heterocycles. The van der Waals surface area contributed by atoms with Crippen LogP contribution >= 0.6 is 0 Å². The van der Waals surface area contributed by atoms with Crippen molar-refractivity contribution in [2.45, 2.75) is 33.3 Å². The van der Waals surface area contributed by atoms with Crippen LogP contribution in [0.5, 0.6) is 0 Å². The van der Waals surface area contributed by atoms with Crippen molar-refractivity contribution in [3.05, 3.63) is 30.0 Å². The summed E-state index contributed by atoms with van der Waals surface area (Å²) in [6.07, 6.45) is -0.00314. The molecule has 2 aromatic rings. The molecule has 0 saturated carbocycles. The number of aromatic amines is 1. The maximum Gasteiger partial charge on any atom is 0.228 e. The number of nitrogens with one attached hydrogen (secondary N) is 1. The van der Waals surface area contributed by atoms with Gasteiger partial charge in [-0.2, -0.15) is 5.10 Å². The van der Waals surface area contributed by atoms with E-state index in [1.54, 1.807) is 0 Å². The highest BCUT2D eigenvalue weighted by molar-refractivity contribution is 5.87. The number of carbonyl (C=O) groups is 1. The Balaban J connectivity index is 1.53. The van der Waals surface area contributed by atoms with Gasteiger partial charge in [0.15, 0.2) is 0 Å². The molecule has 1 amide bonds. The van der Waals surface area contributed by atoms with Crippen LogP contribution in [0.4, 0.5) is 0 Å². The Morgan fingerprint density at radius 3 is 2.60 bits per heavy atom. The lowest BCUT2D eigenvalue weighted by Crippen LogP contribution is -2.52. The molecule has 1 fully saturated rings. The molecule has 6 heteroatoms. The Kier molecular flexibility index (Phi) is 5.11. The second-order valence-corrected chi connectivity index (χ2v) is 7.96. The van der Waals surface area contributed by atoms with E-state index in [0.717, 1.165) is 29.7 Å². The Morgan fingerprint density at radius 2 is 1.92 bits per heavy atom. The van der Waals surface area contributed by atoms with E-state index in [9.17, 15) is 9.90 Å². The van der Waals surface area contributed by atoms with Gasteiger partial charge >= 0.3 is 0 Å². The number of hydrogen-bond acceptors (Lipinski definition) is 4. The quantitative estimate of drug-likeness (QED) is 0.885. The number of fused-ring (bicyclic) bond motifs is 1. The van der Waals surface area contributed by atoms with Gasteiger partial charge in [0.1, 0.15) is 0 Å². The van der Waals surface area contributed by atoms with Crippen molar-refractivity contribution in [1.29, 1.82) is 0 Å². The van der Waals surface area contributed by atoms with Gasteiger partial charge < -0.3 is 10.0 Å². The standard InChI is InChI=1S/C19H28N4O2/c1-19(2,3)17(24)13-22-8-10-23(11-9-22)18(25)12-16-14-6-4-5-7-15(14)20-21-16/h4-7,17,24H,8-13H2,1-3H3,(H,20,21). The SMILES string of the molecule is CC(C)(C)C(O)CN1CCN(C(=O)Cc2[nH]nc3ccccc23)CC1.